The number of imidazole rings is 1. The highest BCUT2D eigenvalue weighted by molar-refractivity contribution is 5.85. The lowest BCUT2D eigenvalue weighted by atomic mass is 10.1. The third-order valence-corrected chi connectivity index (χ3v) is 5.05. The normalized spacial score (nSPS) is 10.8. The number of hydrogen-bond donors (Lipinski definition) is 1. The van der Waals surface area contributed by atoms with Crippen molar-refractivity contribution in [3.8, 4) is 0 Å². The first kappa shape index (κ1) is 23.4. The summed E-state index contributed by atoms with van der Waals surface area (Å²) in [6, 6.07) is 9.97. The molecular formula is C20H27ClN6O3. The van der Waals surface area contributed by atoms with E-state index in [2.05, 4.69) is 4.98 Å². The predicted octanol–water partition coefficient (Wildman–Crippen LogP) is 0.276. The van der Waals surface area contributed by atoms with Crippen molar-refractivity contribution >= 4 is 29.5 Å². The van der Waals surface area contributed by atoms with E-state index in [1.807, 2.05) is 30.3 Å². The van der Waals surface area contributed by atoms with Gasteiger partial charge in [-0.2, -0.15) is 0 Å². The number of halogens is 1. The van der Waals surface area contributed by atoms with Crippen LogP contribution in [0.5, 0.6) is 0 Å². The minimum atomic E-state index is -0.432. The van der Waals surface area contributed by atoms with Gasteiger partial charge < -0.3 is 15.2 Å². The predicted molar refractivity (Wildman–Crippen MR) is 118 cm³/mol. The van der Waals surface area contributed by atoms with E-state index >= 15 is 0 Å². The quantitative estimate of drug-likeness (QED) is 0.547. The lowest BCUT2D eigenvalue weighted by molar-refractivity contribution is -0.131. The lowest BCUT2D eigenvalue weighted by Crippen LogP contribution is -2.38. The van der Waals surface area contributed by atoms with Crippen LogP contribution in [-0.2, 0) is 31.9 Å². The molecule has 10 heteroatoms. The fourth-order valence-corrected chi connectivity index (χ4v) is 3.37. The van der Waals surface area contributed by atoms with E-state index < -0.39 is 11.2 Å². The Balaban J connectivity index is 0.00000320. The van der Waals surface area contributed by atoms with Gasteiger partial charge in [0, 0.05) is 46.7 Å². The summed E-state index contributed by atoms with van der Waals surface area (Å²) < 4.78 is 4.01. The summed E-state index contributed by atoms with van der Waals surface area (Å²) in [6.45, 7) is 1.75. The maximum absolute atomic E-state index is 12.8. The van der Waals surface area contributed by atoms with Crippen LogP contribution >= 0.6 is 12.4 Å². The molecule has 9 nitrogen and oxygen atoms in total. The average molecular weight is 435 g/mol. The summed E-state index contributed by atoms with van der Waals surface area (Å²) in [7, 11) is 3.00. The Morgan fingerprint density at radius 3 is 2.47 bits per heavy atom. The van der Waals surface area contributed by atoms with Crippen molar-refractivity contribution in [2.45, 2.75) is 19.4 Å². The Hall–Kier alpha value is -2.91. The molecule has 0 atom stereocenters. The summed E-state index contributed by atoms with van der Waals surface area (Å²) in [5.74, 6) is -0.0325. The number of nitrogens with two attached hydrogens (primary N) is 1. The summed E-state index contributed by atoms with van der Waals surface area (Å²) >= 11 is 0. The molecule has 0 fully saturated rings. The summed E-state index contributed by atoms with van der Waals surface area (Å²) in [4.78, 5) is 43.2. The van der Waals surface area contributed by atoms with Crippen LogP contribution in [0.4, 0.5) is 0 Å². The van der Waals surface area contributed by atoms with Gasteiger partial charge in [0.2, 0.25) is 5.91 Å². The van der Waals surface area contributed by atoms with Gasteiger partial charge in [0.25, 0.3) is 5.56 Å². The number of fused-ring (bicyclic) bond motifs is 1. The standard InChI is InChI=1S/C20H26N6O3.ClH/c1-23-18-17(19(28)24(2)20(23)29)26(14-22-18)12-9-16(27)25(13-10-21)11-8-15-6-4-3-5-7-15;/h3-7,14H,8-13,21H2,1-2H3;1H. The van der Waals surface area contributed by atoms with E-state index in [-0.39, 0.29) is 24.7 Å². The fourth-order valence-electron chi connectivity index (χ4n) is 3.37. The van der Waals surface area contributed by atoms with Crippen molar-refractivity contribution in [3.05, 3.63) is 63.1 Å². The minimum Gasteiger partial charge on any atom is -0.341 e. The molecule has 162 valence electrons. The van der Waals surface area contributed by atoms with Crippen molar-refractivity contribution in [2.75, 3.05) is 19.6 Å². The summed E-state index contributed by atoms with van der Waals surface area (Å²) in [5.41, 5.74) is 6.62. The minimum absolute atomic E-state index is 0. The first-order valence-electron chi connectivity index (χ1n) is 9.56. The molecule has 0 saturated carbocycles. The zero-order valence-corrected chi connectivity index (χ0v) is 18.0. The molecule has 0 bridgehead atoms. The topological polar surface area (TPSA) is 108 Å². The second kappa shape index (κ2) is 10.2. The van der Waals surface area contributed by atoms with Crippen LogP contribution in [0.2, 0.25) is 0 Å². The van der Waals surface area contributed by atoms with Crippen molar-refractivity contribution in [3.63, 3.8) is 0 Å². The molecule has 0 aliphatic rings. The highest BCUT2D eigenvalue weighted by atomic mass is 35.5. The maximum Gasteiger partial charge on any atom is 0.332 e. The molecule has 1 aromatic carbocycles. The van der Waals surface area contributed by atoms with Crippen LogP contribution in [0.1, 0.15) is 12.0 Å². The van der Waals surface area contributed by atoms with Crippen LogP contribution in [-0.4, -0.2) is 49.1 Å². The molecule has 30 heavy (non-hydrogen) atoms. The van der Waals surface area contributed by atoms with E-state index in [0.29, 0.717) is 37.3 Å². The number of carbonyl (C=O) groups excluding carboxylic acids is 1. The van der Waals surface area contributed by atoms with E-state index in [1.165, 1.54) is 17.9 Å². The number of aromatic nitrogens is 4. The molecule has 1 amide bonds. The van der Waals surface area contributed by atoms with Gasteiger partial charge in [0.15, 0.2) is 11.2 Å². The molecule has 0 aliphatic carbocycles. The van der Waals surface area contributed by atoms with Gasteiger partial charge in [-0.15, -0.1) is 12.4 Å². The number of nitrogens with zero attached hydrogens (tertiary/aromatic N) is 5. The number of benzene rings is 1. The molecular weight excluding hydrogens is 408 g/mol. The van der Waals surface area contributed by atoms with Gasteiger partial charge in [0.05, 0.1) is 6.33 Å². The largest absolute Gasteiger partial charge is 0.341 e. The van der Waals surface area contributed by atoms with E-state index in [1.54, 1.807) is 16.5 Å². The van der Waals surface area contributed by atoms with Crippen LogP contribution in [0, 0.1) is 0 Å². The Kier molecular flexibility index (Phi) is 7.96. The molecule has 3 rings (SSSR count). The number of hydrogen-bond acceptors (Lipinski definition) is 5. The van der Waals surface area contributed by atoms with Crippen LogP contribution in [0.25, 0.3) is 11.2 Å². The monoisotopic (exact) mass is 434 g/mol. The highest BCUT2D eigenvalue weighted by Crippen LogP contribution is 2.08. The van der Waals surface area contributed by atoms with Crippen LogP contribution in [0.3, 0.4) is 0 Å². The number of rotatable bonds is 8. The molecule has 2 heterocycles. The van der Waals surface area contributed by atoms with Crippen LogP contribution < -0.4 is 17.0 Å². The Morgan fingerprint density at radius 1 is 1.10 bits per heavy atom. The van der Waals surface area contributed by atoms with Crippen molar-refractivity contribution in [2.24, 2.45) is 19.8 Å². The molecule has 2 N–H and O–H groups in total. The van der Waals surface area contributed by atoms with Gasteiger partial charge in [-0.25, -0.2) is 9.78 Å². The molecule has 0 aliphatic heterocycles. The van der Waals surface area contributed by atoms with E-state index in [4.69, 9.17) is 5.73 Å². The first-order chi connectivity index (χ1) is 13.9. The Labute approximate surface area is 180 Å². The SMILES string of the molecule is Cl.Cn1c(=O)c2c(ncn2CCC(=O)N(CCN)CCc2ccccc2)n(C)c1=O. The smallest absolute Gasteiger partial charge is 0.332 e. The third kappa shape index (κ3) is 4.80. The second-order valence-electron chi connectivity index (χ2n) is 6.97. The second-order valence-corrected chi connectivity index (χ2v) is 6.97. The summed E-state index contributed by atoms with van der Waals surface area (Å²) in [6.07, 6.45) is 2.46. The van der Waals surface area contributed by atoms with Crippen molar-refractivity contribution < 1.29 is 4.79 Å². The first-order valence-corrected chi connectivity index (χ1v) is 9.56. The average Bonchev–Trinajstić information content (AvgIpc) is 3.16. The lowest BCUT2D eigenvalue weighted by Gasteiger charge is -2.22. The maximum atomic E-state index is 12.8. The number of carbonyl (C=O) groups is 1. The van der Waals surface area contributed by atoms with Crippen molar-refractivity contribution in [1.82, 2.24) is 23.6 Å². The van der Waals surface area contributed by atoms with Gasteiger partial charge in [-0.3, -0.25) is 18.7 Å². The van der Waals surface area contributed by atoms with Gasteiger partial charge in [0.1, 0.15) is 0 Å². The molecule has 0 unspecified atom stereocenters. The highest BCUT2D eigenvalue weighted by Gasteiger charge is 2.17. The third-order valence-electron chi connectivity index (χ3n) is 5.05. The van der Waals surface area contributed by atoms with Crippen LogP contribution in [0.15, 0.2) is 46.2 Å². The van der Waals surface area contributed by atoms with Gasteiger partial charge >= 0.3 is 5.69 Å². The van der Waals surface area contributed by atoms with Crippen molar-refractivity contribution in [1.29, 1.82) is 0 Å². The Bertz CT molecular complexity index is 1120. The number of aryl methyl sites for hydroxylation is 2. The van der Waals surface area contributed by atoms with E-state index in [9.17, 15) is 14.4 Å². The molecule has 3 aromatic rings. The zero-order chi connectivity index (χ0) is 21.0. The Morgan fingerprint density at radius 2 is 1.80 bits per heavy atom. The van der Waals surface area contributed by atoms with Gasteiger partial charge in [-0.1, -0.05) is 30.3 Å². The molecule has 0 saturated heterocycles. The number of amides is 1. The fraction of sp³-hybridized carbons (Fsp3) is 0.400. The van der Waals surface area contributed by atoms with Gasteiger partial charge in [-0.05, 0) is 12.0 Å². The molecule has 2 aromatic heterocycles. The molecule has 0 spiro atoms. The van der Waals surface area contributed by atoms with E-state index in [0.717, 1.165) is 16.6 Å². The summed E-state index contributed by atoms with van der Waals surface area (Å²) in [5, 5.41) is 0. The zero-order valence-electron chi connectivity index (χ0n) is 17.2. The molecule has 0 radical (unpaired) electrons.